The van der Waals surface area contributed by atoms with Crippen molar-refractivity contribution in [2.24, 2.45) is 0 Å². The Labute approximate surface area is 243 Å². The maximum Gasteiger partial charge on any atom is 0.290 e. The molecular formula is C27H24Cl2N6O6. The average Bonchev–Trinajstić information content (AvgIpc) is 2.98. The number of nitro groups is 3. The summed E-state index contributed by atoms with van der Waals surface area (Å²) in [5.41, 5.74) is 4.37. The first kappa shape index (κ1) is 29.4. The summed E-state index contributed by atoms with van der Waals surface area (Å²) in [7, 11) is 0. The number of anilines is 2. The zero-order valence-corrected chi connectivity index (χ0v) is 23.0. The number of nitrogens with one attached hydrogen (secondary N) is 2. The molecule has 0 bridgehead atoms. The number of non-ortho nitro benzene ring substituents is 1. The summed E-state index contributed by atoms with van der Waals surface area (Å²) < 4.78 is 0. The van der Waals surface area contributed by atoms with E-state index in [9.17, 15) is 30.3 Å². The molecule has 0 aliphatic carbocycles. The predicted octanol–water partition coefficient (Wildman–Crippen LogP) is 7.36. The van der Waals surface area contributed by atoms with E-state index in [0.717, 1.165) is 61.1 Å². The lowest BCUT2D eigenvalue weighted by molar-refractivity contribution is -0.384. The normalized spacial score (nSPS) is 13.0. The molecule has 12 nitrogen and oxygen atoms in total. The molecule has 4 aromatic rings. The highest BCUT2D eigenvalue weighted by Gasteiger charge is 2.21. The minimum absolute atomic E-state index is 0.0279. The largest absolute Gasteiger partial charge is 0.385 e. The van der Waals surface area contributed by atoms with Crippen molar-refractivity contribution in [3.63, 3.8) is 0 Å². The molecule has 0 atom stereocenters. The van der Waals surface area contributed by atoms with E-state index in [1.165, 1.54) is 17.7 Å². The molecule has 14 heteroatoms. The van der Waals surface area contributed by atoms with Crippen LogP contribution in [0.1, 0.15) is 24.0 Å². The number of pyridine rings is 1. The van der Waals surface area contributed by atoms with Crippen molar-refractivity contribution < 1.29 is 14.8 Å². The minimum atomic E-state index is -0.517. The Hall–Kier alpha value is -4.55. The SMILES string of the molecule is O=[N+]([O-])c1ccc2c(c1)NCCC2.O=[N+]([O-])c1ccc2c(c1Cl)NCCC2.O=[N+]([O-])c1ccc2cccnc2c1Cl. The molecule has 0 unspecified atom stereocenters. The molecule has 212 valence electrons. The zero-order chi connectivity index (χ0) is 29.5. The van der Waals surface area contributed by atoms with Crippen LogP contribution in [-0.2, 0) is 12.8 Å². The zero-order valence-electron chi connectivity index (χ0n) is 21.5. The topological polar surface area (TPSA) is 166 Å². The van der Waals surface area contributed by atoms with E-state index in [4.69, 9.17) is 23.2 Å². The highest BCUT2D eigenvalue weighted by molar-refractivity contribution is 6.37. The number of halogens is 2. The lowest BCUT2D eigenvalue weighted by atomic mass is 10.0. The summed E-state index contributed by atoms with van der Waals surface area (Å²) in [4.78, 5) is 34.3. The van der Waals surface area contributed by atoms with Gasteiger partial charge in [0.25, 0.3) is 17.1 Å². The van der Waals surface area contributed by atoms with Crippen molar-refractivity contribution in [3.8, 4) is 0 Å². The van der Waals surface area contributed by atoms with Crippen molar-refractivity contribution in [3.05, 3.63) is 112 Å². The quantitative estimate of drug-likeness (QED) is 0.181. The minimum Gasteiger partial charge on any atom is -0.385 e. The molecule has 3 aromatic carbocycles. The molecule has 41 heavy (non-hydrogen) atoms. The van der Waals surface area contributed by atoms with Gasteiger partial charge in [0.05, 0.1) is 26.0 Å². The molecule has 2 N–H and O–H groups in total. The van der Waals surface area contributed by atoms with Crippen LogP contribution in [0.15, 0.2) is 60.8 Å². The van der Waals surface area contributed by atoms with E-state index in [1.54, 1.807) is 42.6 Å². The van der Waals surface area contributed by atoms with Gasteiger partial charge in [0, 0.05) is 54.6 Å². The molecule has 2 aliphatic rings. The van der Waals surface area contributed by atoms with Crippen LogP contribution in [0, 0.1) is 30.3 Å². The van der Waals surface area contributed by atoms with Gasteiger partial charge in [-0.25, -0.2) is 0 Å². The molecule has 0 amide bonds. The summed E-state index contributed by atoms with van der Waals surface area (Å²) in [6, 6.07) is 14.8. The van der Waals surface area contributed by atoms with Crippen LogP contribution >= 0.6 is 23.2 Å². The Bertz CT molecular complexity index is 1630. The van der Waals surface area contributed by atoms with Crippen LogP contribution < -0.4 is 10.6 Å². The fourth-order valence-corrected chi connectivity index (χ4v) is 5.05. The molecule has 3 heterocycles. The average molecular weight is 599 g/mol. The van der Waals surface area contributed by atoms with Crippen molar-refractivity contribution >= 4 is 62.5 Å². The number of nitro benzene ring substituents is 3. The number of nitrogens with zero attached hydrogens (tertiary/aromatic N) is 4. The summed E-state index contributed by atoms with van der Waals surface area (Å²) in [6.07, 6.45) is 5.64. The molecule has 0 saturated carbocycles. The number of hydrogen-bond donors (Lipinski definition) is 2. The number of aryl methyl sites for hydroxylation is 2. The fourth-order valence-electron chi connectivity index (χ4n) is 4.44. The Morgan fingerprint density at radius 2 is 1.37 bits per heavy atom. The van der Waals surface area contributed by atoms with Crippen molar-refractivity contribution in [1.29, 1.82) is 0 Å². The van der Waals surface area contributed by atoms with E-state index in [1.807, 2.05) is 6.07 Å². The van der Waals surface area contributed by atoms with Crippen molar-refractivity contribution in [2.75, 3.05) is 23.7 Å². The Morgan fingerprint density at radius 3 is 2.07 bits per heavy atom. The van der Waals surface area contributed by atoms with E-state index in [0.29, 0.717) is 5.52 Å². The van der Waals surface area contributed by atoms with Gasteiger partial charge >= 0.3 is 0 Å². The van der Waals surface area contributed by atoms with Crippen LogP contribution in [0.2, 0.25) is 10.0 Å². The highest BCUT2D eigenvalue weighted by Crippen LogP contribution is 2.37. The van der Waals surface area contributed by atoms with Crippen LogP contribution in [0.3, 0.4) is 0 Å². The maximum absolute atomic E-state index is 10.6. The number of fused-ring (bicyclic) bond motifs is 3. The Kier molecular flexibility index (Phi) is 9.48. The number of rotatable bonds is 3. The standard InChI is InChI=1S/C9H9ClN2O2.C9H5ClN2O2.C9H10N2O2/c2*10-8-7(12(13)14)4-3-6-2-1-5-11-9(6)8;12-11(13)8-4-3-7-2-1-5-10-9(7)6-8/h3-4,11H,1-2,5H2;1-5H;3-4,6,10H,1-2,5H2. The van der Waals surface area contributed by atoms with Gasteiger partial charge in [0.15, 0.2) is 0 Å². The Balaban J connectivity index is 0.000000142. The second-order valence-corrected chi connectivity index (χ2v) is 9.84. The highest BCUT2D eigenvalue weighted by atomic mass is 35.5. The van der Waals surface area contributed by atoms with Gasteiger partial charge in [-0.15, -0.1) is 0 Å². The molecule has 0 saturated heterocycles. The van der Waals surface area contributed by atoms with Crippen LogP contribution in [-0.4, -0.2) is 32.8 Å². The van der Waals surface area contributed by atoms with E-state index >= 15 is 0 Å². The fraction of sp³-hybridized carbons (Fsp3) is 0.222. The maximum atomic E-state index is 10.6. The van der Waals surface area contributed by atoms with Crippen LogP contribution in [0.25, 0.3) is 10.9 Å². The number of hydrogen-bond acceptors (Lipinski definition) is 9. The summed E-state index contributed by atoms with van der Waals surface area (Å²) in [6.45, 7) is 1.74. The van der Waals surface area contributed by atoms with Crippen molar-refractivity contribution in [1.82, 2.24) is 4.98 Å². The van der Waals surface area contributed by atoms with E-state index in [-0.39, 0.29) is 32.0 Å². The monoisotopic (exact) mass is 598 g/mol. The van der Waals surface area contributed by atoms with Gasteiger partial charge in [-0.2, -0.15) is 0 Å². The first-order valence-electron chi connectivity index (χ1n) is 12.6. The predicted molar refractivity (Wildman–Crippen MR) is 158 cm³/mol. The second-order valence-electron chi connectivity index (χ2n) is 9.08. The lowest BCUT2D eigenvalue weighted by Gasteiger charge is -2.18. The third-order valence-electron chi connectivity index (χ3n) is 6.46. The first-order valence-corrected chi connectivity index (χ1v) is 13.3. The van der Waals surface area contributed by atoms with Gasteiger partial charge in [0.1, 0.15) is 10.0 Å². The van der Waals surface area contributed by atoms with Crippen LogP contribution in [0.4, 0.5) is 28.4 Å². The van der Waals surface area contributed by atoms with Crippen molar-refractivity contribution in [2.45, 2.75) is 25.7 Å². The second kappa shape index (κ2) is 13.2. The number of aromatic nitrogens is 1. The summed E-state index contributed by atoms with van der Waals surface area (Å²) in [5, 5.41) is 39.0. The smallest absolute Gasteiger partial charge is 0.290 e. The third kappa shape index (κ3) is 6.97. The van der Waals surface area contributed by atoms with Gasteiger partial charge < -0.3 is 10.6 Å². The van der Waals surface area contributed by atoms with E-state index in [2.05, 4.69) is 15.6 Å². The van der Waals surface area contributed by atoms with Crippen LogP contribution in [0.5, 0.6) is 0 Å². The molecule has 0 fully saturated rings. The summed E-state index contributed by atoms with van der Waals surface area (Å²) >= 11 is 11.7. The summed E-state index contributed by atoms with van der Waals surface area (Å²) in [5.74, 6) is 0. The van der Waals surface area contributed by atoms with Gasteiger partial charge in [-0.1, -0.05) is 41.4 Å². The van der Waals surface area contributed by atoms with Gasteiger partial charge in [-0.3, -0.25) is 35.3 Å². The molecule has 0 radical (unpaired) electrons. The lowest BCUT2D eigenvalue weighted by Crippen LogP contribution is -2.12. The molecule has 2 aliphatic heterocycles. The number of benzene rings is 3. The Morgan fingerprint density at radius 1 is 0.732 bits per heavy atom. The van der Waals surface area contributed by atoms with E-state index < -0.39 is 9.85 Å². The molecule has 0 spiro atoms. The van der Waals surface area contributed by atoms with Gasteiger partial charge in [-0.05, 0) is 48.9 Å². The molecule has 6 rings (SSSR count). The third-order valence-corrected chi connectivity index (χ3v) is 7.22. The van der Waals surface area contributed by atoms with Gasteiger partial charge in [0.2, 0.25) is 0 Å². The first-order chi connectivity index (χ1) is 19.7. The molecule has 1 aromatic heterocycles. The molecular weight excluding hydrogens is 575 g/mol.